The zero-order valence-electron chi connectivity index (χ0n) is 5.48. The monoisotopic (exact) mass is 146 g/mol. The van der Waals surface area contributed by atoms with E-state index in [-0.39, 0.29) is 0 Å². The highest BCUT2D eigenvalue weighted by atomic mass is 32.2. The van der Waals surface area contributed by atoms with Gasteiger partial charge in [0.25, 0.3) is 0 Å². The van der Waals surface area contributed by atoms with Gasteiger partial charge in [0.2, 0.25) is 0 Å². The Hall–Kier alpha value is -0.220. The Morgan fingerprint density at radius 1 is 1.78 bits per heavy atom. The summed E-state index contributed by atoms with van der Waals surface area (Å²) in [6.45, 7) is 0. The van der Waals surface area contributed by atoms with Crippen LogP contribution in [0.4, 0.5) is 0 Å². The molecule has 1 fully saturated rings. The second kappa shape index (κ2) is 3.08. The van der Waals surface area contributed by atoms with Crippen molar-refractivity contribution in [3.05, 3.63) is 0 Å². The van der Waals surface area contributed by atoms with Gasteiger partial charge >= 0.3 is 5.17 Å². The third-order valence-corrected chi connectivity index (χ3v) is 1.89. The summed E-state index contributed by atoms with van der Waals surface area (Å²) in [5, 5.41) is 0.970. The molecule has 1 saturated carbocycles. The van der Waals surface area contributed by atoms with Crippen LogP contribution in [0.25, 0.3) is 0 Å². The molecule has 0 radical (unpaired) electrons. The summed E-state index contributed by atoms with van der Waals surface area (Å²) in [4.78, 5) is 3.23. The van der Waals surface area contributed by atoms with E-state index in [1.54, 1.807) is 11.8 Å². The number of nitrogens with two attached hydrogens (primary N) is 1. The third-order valence-electron chi connectivity index (χ3n) is 1.25. The number of hydrogen-bond donors (Lipinski definition) is 3. The van der Waals surface area contributed by atoms with Crippen molar-refractivity contribution < 1.29 is 4.99 Å². The van der Waals surface area contributed by atoms with E-state index in [4.69, 9.17) is 5.84 Å². The zero-order chi connectivity index (χ0) is 6.69. The van der Waals surface area contributed by atoms with Gasteiger partial charge in [-0.15, -0.1) is 0 Å². The van der Waals surface area contributed by atoms with Crippen molar-refractivity contribution in [1.29, 1.82) is 0 Å². The summed E-state index contributed by atoms with van der Waals surface area (Å²) < 4.78 is 0. The van der Waals surface area contributed by atoms with E-state index in [0.29, 0.717) is 6.04 Å². The first-order chi connectivity index (χ1) is 4.36. The molecule has 0 amide bonds. The molecule has 52 valence electrons. The lowest BCUT2D eigenvalue weighted by molar-refractivity contribution is -0.472. The molecule has 9 heavy (non-hydrogen) atoms. The van der Waals surface area contributed by atoms with Gasteiger partial charge < -0.3 is 0 Å². The van der Waals surface area contributed by atoms with Gasteiger partial charge in [-0.05, 0) is 30.9 Å². The van der Waals surface area contributed by atoms with Gasteiger partial charge in [0.05, 0.1) is 6.04 Å². The number of amidine groups is 1. The molecule has 1 aliphatic rings. The summed E-state index contributed by atoms with van der Waals surface area (Å²) in [5.41, 5.74) is 2.59. The molecule has 0 aliphatic heterocycles. The molecule has 0 aromatic carbocycles. The van der Waals surface area contributed by atoms with E-state index in [1.165, 1.54) is 12.8 Å². The number of rotatable bonds is 1. The maximum atomic E-state index is 5.19. The predicted octanol–water partition coefficient (Wildman–Crippen LogP) is -1.59. The Morgan fingerprint density at radius 2 is 2.44 bits per heavy atom. The van der Waals surface area contributed by atoms with E-state index in [1.807, 2.05) is 6.26 Å². The van der Waals surface area contributed by atoms with E-state index in [2.05, 4.69) is 10.4 Å². The molecule has 1 rings (SSSR count). The minimum Gasteiger partial charge on any atom is -0.265 e. The summed E-state index contributed by atoms with van der Waals surface area (Å²) in [7, 11) is 0. The summed E-state index contributed by atoms with van der Waals surface area (Å²) in [6, 6.07) is 0.684. The summed E-state index contributed by atoms with van der Waals surface area (Å²) in [5.74, 6) is 5.19. The van der Waals surface area contributed by atoms with Crippen LogP contribution < -0.4 is 16.3 Å². The van der Waals surface area contributed by atoms with E-state index < -0.39 is 0 Å². The number of hydrogen-bond acceptors (Lipinski definition) is 2. The standard InChI is InChI=1S/C5H11N3S/c1-9-5(8-6)7-4-2-3-4/h4H,2-3,6H2,1H3,(H,7,8)/p+1. The SMILES string of the molecule is CSC(NN)=[NH+]C1CC1. The van der Waals surface area contributed by atoms with Gasteiger partial charge in [-0.25, -0.2) is 0 Å². The molecule has 3 nitrogen and oxygen atoms in total. The summed E-state index contributed by atoms with van der Waals surface area (Å²) in [6.07, 6.45) is 4.56. The summed E-state index contributed by atoms with van der Waals surface area (Å²) >= 11 is 1.61. The second-order valence-corrected chi connectivity index (χ2v) is 2.91. The van der Waals surface area contributed by atoms with Crippen LogP contribution in [0.1, 0.15) is 12.8 Å². The highest BCUT2D eigenvalue weighted by Gasteiger charge is 2.23. The maximum absolute atomic E-state index is 5.19. The predicted molar refractivity (Wildman–Crippen MR) is 39.8 cm³/mol. The first kappa shape index (κ1) is 6.89. The van der Waals surface area contributed by atoms with Crippen molar-refractivity contribution in [2.24, 2.45) is 5.84 Å². The highest BCUT2D eigenvalue weighted by Crippen LogP contribution is 2.12. The lowest BCUT2D eigenvalue weighted by atomic mass is 10.8. The van der Waals surface area contributed by atoms with Gasteiger partial charge in [0, 0.05) is 0 Å². The lowest BCUT2D eigenvalue weighted by Crippen LogP contribution is -2.77. The molecule has 0 saturated heterocycles. The molecule has 0 bridgehead atoms. The third kappa shape index (κ3) is 2.24. The molecule has 0 heterocycles. The number of thioether (sulfide) groups is 1. The average molecular weight is 146 g/mol. The van der Waals surface area contributed by atoms with Crippen molar-refractivity contribution in [1.82, 2.24) is 5.43 Å². The van der Waals surface area contributed by atoms with Crippen LogP contribution in [-0.4, -0.2) is 17.5 Å². The maximum Gasteiger partial charge on any atom is 0.322 e. The van der Waals surface area contributed by atoms with Crippen molar-refractivity contribution in [3.63, 3.8) is 0 Å². The van der Waals surface area contributed by atoms with Gasteiger partial charge in [0.15, 0.2) is 0 Å². The molecule has 4 heteroatoms. The normalized spacial score (nSPS) is 20.0. The minimum atomic E-state index is 0.684. The topological polar surface area (TPSA) is 52.0 Å². The fourth-order valence-electron chi connectivity index (χ4n) is 0.573. The van der Waals surface area contributed by atoms with Gasteiger partial charge in [-0.1, -0.05) is 0 Å². The Labute approximate surface area is 59.1 Å². The van der Waals surface area contributed by atoms with Crippen LogP contribution in [0.2, 0.25) is 0 Å². The van der Waals surface area contributed by atoms with Gasteiger partial charge in [-0.2, -0.15) is 11.3 Å². The Kier molecular flexibility index (Phi) is 2.36. The largest absolute Gasteiger partial charge is 0.322 e. The first-order valence-electron chi connectivity index (χ1n) is 3.01. The molecule has 0 unspecified atom stereocenters. The first-order valence-corrected chi connectivity index (χ1v) is 4.23. The zero-order valence-corrected chi connectivity index (χ0v) is 6.29. The van der Waals surface area contributed by atoms with E-state index in [9.17, 15) is 0 Å². The Balaban J connectivity index is 2.32. The van der Waals surface area contributed by atoms with E-state index in [0.717, 1.165) is 5.17 Å². The van der Waals surface area contributed by atoms with Gasteiger partial charge in [0.1, 0.15) is 0 Å². The lowest BCUT2D eigenvalue weighted by Gasteiger charge is -1.90. The van der Waals surface area contributed by atoms with Crippen LogP contribution in [0, 0.1) is 0 Å². The van der Waals surface area contributed by atoms with Crippen molar-refractivity contribution in [2.75, 3.05) is 6.26 Å². The average Bonchev–Trinajstić information content (AvgIpc) is 2.66. The fourth-order valence-corrected chi connectivity index (χ4v) is 0.975. The second-order valence-electron chi connectivity index (χ2n) is 2.10. The van der Waals surface area contributed by atoms with Gasteiger partial charge in [-0.3, -0.25) is 4.99 Å². The molecule has 0 spiro atoms. The number of hydrazine groups is 1. The Bertz CT molecular complexity index is 113. The molecule has 4 N–H and O–H groups in total. The molecule has 0 aromatic rings. The molecule has 0 aromatic heterocycles. The van der Waals surface area contributed by atoms with Crippen LogP contribution in [0.15, 0.2) is 0 Å². The van der Waals surface area contributed by atoms with Crippen LogP contribution in [0.3, 0.4) is 0 Å². The van der Waals surface area contributed by atoms with Crippen LogP contribution >= 0.6 is 11.8 Å². The van der Waals surface area contributed by atoms with Crippen LogP contribution in [-0.2, 0) is 0 Å². The minimum absolute atomic E-state index is 0.684. The van der Waals surface area contributed by atoms with Crippen molar-refractivity contribution in [3.8, 4) is 0 Å². The molecule has 1 aliphatic carbocycles. The Morgan fingerprint density at radius 3 is 2.78 bits per heavy atom. The number of nitrogens with one attached hydrogen (secondary N) is 2. The quantitative estimate of drug-likeness (QED) is 0.181. The van der Waals surface area contributed by atoms with E-state index >= 15 is 0 Å². The highest BCUT2D eigenvalue weighted by molar-refractivity contribution is 8.12. The molecular formula is C5H12N3S+. The molecular weight excluding hydrogens is 134 g/mol. The molecule has 0 atom stereocenters. The van der Waals surface area contributed by atoms with Crippen LogP contribution in [0.5, 0.6) is 0 Å². The van der Waals surface area contributed by atoms with Crippen molar-refractivity contribution >= 4 is 16.9 Å². The van der Waals surface area contributed by atoms with Crippen molar-refractivity contribution in [2.45, 2.75) is 18.9 Å². The fraction of sp³-hybridized carbons (Fsp3) is 0.800. The smallest absolute Gasteiger partial charge is 0.265 e.